The van der Waals surface area contributed by atoms with Gasteiger partial charge in [0.25, 0.3) is 0 Å². The molecule has 0 saturated carbocycles. The van der Waals surface area contributed by atoms with Crippen LogP contribution in [0, 0.1) is 0 Å². The highest BCUT2D eigenvalue weighted by Gasteiger charge is 2.05. The summed E-state index contributed by atoms with van der Waals surface area (Å²) in [6.07, 6.45) is 4.71. The van der Waals surface area contributed by atoms with E-state index in [0.717, 1.165) is 25.2 Å². The minimum Gasteiger partial charge on any atom is -0.362 e. The molecule has 4 nitrogen and oxygen atoms in total. The molecule has 28 heavy (non-hydrogen) atoms. The van der Waals surface area contributed by atoms with Crippen molar-refractivity contribution in [2.45, 2.75) is 13.0 Å². The molecule has 5 heteroatoms. The van der Waals surface area contributed by atoms with Gasteiger partial charge in [-0.3, -0.25) is 4.68 Å². The Bertz CT molecular complexity index is 1070. The van der Waals surface area contributed by atoms with Crippen LogP contribution in [0.3, 0.4) is 0 Å². The van der Waals surface area contributed by atoms with Crippen LogP contribution in [0.15, 0.2) is 85.2 Å². The van der Waals surface area contributed by atoms with E-state index in [2.05, 4.69) is 82.5 Å². The zero-order chi connectivity index (χ0) is 19.2. The zero-order valence-corrected chi connectivity index (χ0v) is 16.3. The van der Waals surface area contributed by atoms with Gasteiger partial charge in [-0.05, 0) is 40.5 Å². The van der Waals surface area contributed by atoms with Gasteiger partial charge in [0.15, 0.2) is 5.11 Å². The first kappa shape index (κ1) is 18.2. The third kappa shape index (κ3) is 4.56. The van der Waals surface area contributed by atoms with Gasteiger partial charge in [0, 0.05) is 12.7 Å². The Kier molecular flexibility index (Phi) is 5.64. The van der Waals surface area contributed by atoms with E-state index in [-0.39, 0.29) is 0 Å². The van der Waals surface area contributed by atoms with Crippen molar-refractivity contribution in [2.24, 2.45) is 0 Å². The van der Waals surface area contributed by atoms with E-state index < -0.39 is 0 Å². The van der Waals surface area contributed by atoms with Gasteiger partial charge in [-0.25, -0.2) is 0 Å². The second-order valence-corrected chi connectivity index (χ2v) is 7.09. The molecule has 0 unspecified atom stereocenters. The number of rotatable bonds is 6. The summed E-state index contributed by atoms with van der Waals surface area (Å²) in [6, 6.07) is 25.2. The lowest BCUT2D eigenvalue weighted by Gasteiger charge is -2.09. The van der Waals surface area contributed by atoms with Gasteiger partial charge in [-0.2, -0.15) is 5.10 Å². The van der Waals surface area contributed by atoms with Gasteiger partial charge in [-0.15, -0.1) is 0 Å². The topological polar surface area (TPSA) is 41.9 Å². The Hall–Kier alpha value is -3.18. The van der Waals surface area contributed by atoms with Crippen LogP contribution >= 0.6 is 12.2 Å². The van der Waals surface area contributed by atoms with Gasteiger partial charge < -0.3 is 10.6 Å². The van der Waals surface area contributed by atoms with Gasteiger partial charge in [0.05, 0.1) is 18.4 Å². The van der Waals surface area contributed by atoms with Crippen molar-refractivity contribution >= 4 is 33.8 Å². The van der Waals surface area contributed by atoms with Crippen LogP contribution in [0.1, 0.15) is 11.1 Å². The molecule has 0 amide bonds. The van der Waals surface area contributed by atoms with E-state index in [1.54, 1.807) is 6.20 Å². The maximum atomic E-state index is 5.39. The minimum atomic E-state index is 0.612. The maximum absolute atomic E-state index is 5.39. The van der Waals surface area contributed by atoms with E-state index in [1.807, 2.05) is 16.9 Å². The van der Waals surface area contributed by atoms with Crippen LogP contribution in [0.2, 0.25) is 0 Å². The molecule has 0 radical (unpaired) electrons. The fourth-order valence-electron chi connectivity index (χ4n) is 3.26. The van der Waals surface area contributed by atoms with Crippen LogP contribution in [-0.2, 0) is 13.0 Å². The molecule has 0 aliphatic rings. The molecule has 0 aliphatic carbocycles. The van der Waals surface area contributed by atoms with Crippen molar-refractivity contribution in [3.8, 4) is 0 Å². The number of benzene rings is 3. The zero-order valence-electron chi connectivity index (χ0n) is 15.5. The first-order valence-electron chi connectivity index (χ1n) is 9.36. The summed E-state index contributed by atoms with van der Waals surface area (Å²) in [6.45, 7) is 1.51. The Morgan fingerprint density at radius 1 is 0.929 bits per heavy atom. The average molecular weight is 387 g/mol. The summed E-state index contributed by atoms with van der Waals surface area (Å²) in [4.78, 5) is 0. The number of aromatic nitrogens is 2. The number of fused-ring (bicyclic) bond motifs is 1. The summed E-state index contributed by atoms with van der Waals surface area (Å²) < 4.78 is 1.93. The second-order valence-electron chi connectivity index (χ2n) is 6.68. The van der Waals surface area contributed by atoms with E-state index in [0.29, 0.717) is 5.11 Å². The lowest BCUT2D eigenvalue weighted by atomic mass is 10.0. The summed E-state index contributed by atoms with van der Waals surface area (Å²) in [7, 11) is 0. The predicted octanol–water partition coefficient (Wildman–Crippen LogP) is 4.61. The van der Waals surface area contributed by atoms with Crippen LogP contribution in [0.25, 0.3) is 10.8 Å². The Morgan fingerprint density at radius 2 is 1.71 bits per heavy atom. The molecule has 3 aromatic carbocycles. The average Bonchev–Trinajstić information content (AvgIpc) is 3.16. The normalized spacial score (nSPS) is 10.7. The quantitative estimate of drug-likeness (QED) is 0.475. The molecular weight excluding hydrogens is 364 g/mol. The number of anilines is 1. The Morgan fingerprint density at radius 3 is 2.61 bits per heavy atom. The summed E-state index contributed by atoms with van der Waals surface area (Å²) in [5.74, 6) is 0. The summed E-state index contributed by atoms with van der Waals surface area (Å²) in [5.41, 5.74) is 3.43. The molecule has 4 rings (SSSR count). The molecule has 0 aliphatic heterocycles. The van der Waals surface area contributed by atoms with Gasteiger partial charge in [0.2, 0.25) is 0 Å². The molecule has 1 heterocycles. The highest BCUT2D eigenvalue weighted by Crippen LogP contribution is 2.19. The smallest absolute Gasteiger partial charge is 0.170 e. The molecule has 0 atom stereocenters. The molecular formula is C23H22N4S. The number of hydrogen-bond donors (Lipinski definition) is 2. The number of nitrogens with one attached hydrogen (secondary N) is 2. The second kappa shape index (κ2) is 8.67. The van der Waals surface area contributed by atoms with Gasteiger partial charge in [0.1, 0.15) is 0 Å². The standard InChI is InChI=1S/C23H22N4S/c28-23(24-14-13-18-7-2-1-3-8-18)26-21-15-25-27(17-21)16-20-11-6-10-19-9-4-5-12-22(19)20/h1-12,15,17H,13-14,16H2,(H2,24,26,28). The number of thiocarbonyl (C=S) groups is 1. The summed E-state index contributed by atoms with van der Waals surface area (Å²) in [5, 5.41) is 14.0. The van der Waals surface area contributed by atoms with Crippen molar-refractivity contribution in [3.05, 3.63) is 96.3 Å². The molecule has 0 bridgehead atoms. The van der Waals surface area contributed by atoms with Crippen molar-refractivity contribution < 1.29 is 0 Å². The summed E-state index contributed by atoms with van der Waals surface area (Å²) >= 11 is 5.39. The predicted molar refractivity (Wildman–Crippen MR) is 120 cm³/mol. The SMILES string of the molecule is S=C(NCCc1ccccc1)Nc1cnn(Cc2cccc3ccccc23)c1. The molecule has 0 saturated heterocycles. The first-order valence-corrected chi connectivity index (χ1v) is 9.77. The van der Waals surface area contributed by atoms with Crippen LogP contribution in [-0.4, -0.2) is 21.4 Å². The largest absolute Gasteiger partial charge is 0.362 e. The van der Waals surface area contributed by atoms with Gasteiger partial charge >= 0.3 is 0 Å². The van der Waals surface area contributed by atoms with Crippen LogP contribution in [0.4, 0.5) is 5.69 Å². The highest BCUT2D eigenvalue weighted by molar-refractivity contribution is 7.80. The number of nitrogens with zero attached hydrogens (tertiary/aromatic N) is 2. The number of hydrogen-bond acceptors (Lipinski definition) is 2. The van der Waals surface area contributed by atoms with E-state index in [4.69, 9.17) is 12.2 Å². The lowest BCUT2D eigenvalue weighted by Crippen LogP contribution is -2.30. The molecule has 0 spiro atoms. The molecule has 4 aromatic rings. The van der Waals surface area contributed by atoms with Crippen LogP contribution in [0.5, 0.6) is 0 Å². The van der Waals surface area contributed by atoms with Crippen molar-refractivity contribution in [1.29, 1.82) is 0 Å². The lowest BCUT2D eigenvalue weighted by molar-refractivity contribution is 0.690. The third-order valence-electron chi connectivity index (χ3n) is 4.65. The molecule has 0 fully saturated rings. The molecule has 140 valence electrons. The van der Waals surface area contributed by atoms with Gasteiger partial charge in [-0.1, -0.05) is 72.8 Å². The highest BCUT2D eigenvalue weighted by atomic mass is 32.1. The third-order valence-corrected chi connectivity index (χ3v) is 4.89. The molecule has 2 N–H and O–H groups in total. The maximum Gasteiger partial charge on any atom is 0.170 e. The minimum absolute atomic E-state index is 0.612. The monoisotopic (exact) mass is 386 g/mol. The van der Waals surface area contributed by atoms with Crippen molar-refractivity contribution in [2.75, 3.05) is 11.9 Å². The Balaban J connectivity index is 1.33. The van der Waals surface area contributed by atoms with Crippen molar-refractivity contribution in [3.63, 3.8) is 0 Å². The fourth-order valence-corrected chi connectivity index (χ4v) is 3.48. The van der Waals surface area contributed by atoms with Crippen molar-refractivity contribution in [1.82, 2.24) is 15.1 Å². The molecule has 1 aromatic heterocycles. The Labute approximate surface area is 170 Å². The van der Waals surface area contributed by atoms with Crippen LogP contribution < -0.4 is 10.6 Å². The first-order chi connectivity index (χ1) is 13.8. The fraction of sp³-hybridized carbons (Fsp3) is 0.130. The van der Waals surface area contributed by atoms with E-state index in [1.165, 1.54) is 21.9 Å². The van der Waals surface area contributed by atoms with E-state index in [9.17, 15) is 0 Å². The van der Waals surface area contributed by atoms with E-state index >= 15 is 0 Å².